The van der Waals surface area contributed by atoms with Crippen molar-refractivity contribution < 1.29 is 9.84 Å². The Kier molecular flexibility index (Phi) is 5.45. The van der Waals surface area contributed by atoms with Crippen molar-refractivity contribution in [1.82, 2.24) is 5.32 Å². The van der Waals surface area contributed by atoms with E-state index in [2.05, 4.69) is 24.4 Å². The molecule has 96 valence electrons. The molecule has 0 saturated heterocycles. The van der Waals surface area contributed by atoms with Crippen molar-refractivity contribution in [3.63, 3.8) is 0 Å². The summed E-state index contributed by atoms with van der Waals surface area (Å²) in [5, 5.41) is 12.4. The molecule has 2 N–H and O–H groups in total. The number of aliphatic hydroxyl groups excluding tert-OH is 1. The molecule has 3 nitrogen and oxygen atoms in total. The van der Waals surface area contributed by atoms with Crippen LogP contribution in [0.15, 0.2) is 18.2 Å². The Labute approximate surface area is 104 Å². The summed E-state index contributed by atoms with van der Waals surface area (Å²) < 4.78 is 5.64. The zero-order valence-corrected chi connectivity index (χ0v) is 11.2. The molecule has 0 aliphatic rings. The predicted molar refractivity (Wildman–Crippen MR) is 70.4 cm³/mol. The van der Waals surface area contributed by atoms with E-state index in [0.29, 0.717) is 19.1 Å². The fourth-order valence-electron chi connectivity index (χ4n) is 1.61. The molecule has 1 rings (SSSR count). The van der Waals surface area contributed by atoms with Gasteiger partial charge in [0.05, 0.1) is 12.7 Å². The SMILES string of the molecule is CNC(C)c1ccc(OCCC(C)O)c(C)c1. The van der Waals surface area contributed by atoms with Crippen LogP contribution >= 0.6 is 0 Å². The van der Waals surface area contributed by atoms with Crippen LogP contribution in [0.5, 0.6) is 5.75 Å². The molecule has 2 unspecified atom stereocenters. The van der Waals surface area contributed by atoms with E-state index in [9.17, 15) is 0 Å². The Balaban J connectivity index is 2.63. The van der Waals surface area contributed by atoms with Crippen molar-refractivity contribution in [2.24, 2.45) is 0 Å². The highest BCUT2D eigenvalue weighted by atomic mass is 16.5. The number of hydrogen-bond donors (Lipinski definition) is 2. The third-order valence-electron chi connectivity index (χ3n) is 2.93. The number of hydrogen-bond acceptors (Lipinski definition) is 3. The lowest BCUT2D eigenvalue weighted by atomic mass is 10.1. The van der Waals surface area contributed by atoms with Gasteiger partial charge in [0.1, 0.15) is 5.75 Å². The minimum Gasteiger partial charge on any atom is -0.493 e. The summed E-state index contributed by atoms with van der Waals surface area (Å²) in [7, 11) is 1.95. The molecule has 0 spiro atoms. The van der Waals surface area contributed by atoms with Gasteiger partial charge in [-0.1, -0.05) is 12.1 Å². The highest BCUT2D eigenvalue weighted by Crippen LogP contribution is 2.22. The summed E-state index contributed by atoms with van der Waals surface area (Å²) in [6.45, 7) is 6.50. The molecule has 17 heavy (non-hydrogen) atoms. The first-order chi connectivity index (χ1) is 8.04. The lowest BCUT2D eigenvalue weighted by Gasteiger charge is -2.14. The van der Waals surface area contributed by atoms with Crippen molar-refractivity contribution in [2.45, 2.75) is 39.3 Å². The van der Waals surface area contributed by atoms with Crippen LogP contribution in [0.4, 0.5) is 0 Å². The van der Waals surface area contributed by atoms with Gasteiger partial charge in [0, 0.05) is 12.5 Å². The Bertz CT molecular complexity index is 350. The molecule has 0 aliphatic carbocycles. The van der Waals surface area contributed by atoms with Crippen molar-refractivity contribution in [1.29, 1.82) is 0 Å². The number of rotatable bonds is 6. The van der Waals surface area contributed by atoms with Gasteiger partial charge in [0.25, 0.3) is 0 Å². The first-order valence-corrected chi connectivity index (χ1v) is 6.13. The van der Waals surface area contributed by atoms with Crippen LogP contribution in [0.3, 0.4) is 0 Å². The molecule has 0 radical (unpaired) electrons. The van der Waals surface area contributed by atoms with E-state index in [1.54, 1.807) is 6.92 Å². The molecule has 0 saturated carbocycles. The van der Waals surface area contributed by atoms with Crippen LogP contribution in [-0.2, 0) is 0 Å². The van der Waals surface area contributed by atoms with Gasteiger partial charge in [-0.25, -0.2) is 0 Å². The average Bonchev–Trinajstić information content (AvgIpc) is 2.29. The van der Waals surface area contributed by atoms with Crippen LogP contribution in [0.1, 0.15) is 37.4 Å². The molecule has 2 atom stereocenters. The molecule has 0 aromatic heterocycles. The van der Waals surface area contributed by atoms with Gasteiger partial charge < -0.3 is 15.2 Å². The van der Waals surface area contributed by atoms with Gasteiger partial charge in [-0.3, -0.25) is 0 Å². The molecule has 0 amide bonds. The van der Waals surface area contributed by atoms with Gasteiger partial charge in [-0.05, 0) is 45.0 Å². The van der Waals surface area contributed by atoms with Gasteiger partial charge in [-0.2, -0.15) is 0 Å². The van der Waals surface area contributed by atoms with Crippen molar-refractivity contribution in [3.8, 4) is 5.75 Å². The zero-order valence-electron chi connectivity index (χ0n) is 11.2. The van der Waals surface area contributed by atoms with Gasteiger partial charge >= 0.3 is 0 Å². The molecule has 1 aromatic rings. The molecular weight excluding hydrogens is 214 g/mol. The van der Waals surface area contributed by atoms with Crippen LogP contribution in [0, 0.1) is 6.92 Å². The fraction of sp³-hybridized carbons (Fsp3) is 0.571. The maximum Gasteiger partial charge on any atom is 0.122 e. The standard InChI is InChI=1S/C14H23NO2/c1-10-9-13(12(3)15-4)5-6-14(10)17-8-7-11(2)16/h5-6,9,11-12,15-16H,7-8H2,1-4H3. The quantitative estimate of drug-likeness (QED) is 0.798. The zero-order chi connectivity index (χ0) is 12.8. The van der Waals surface area contributed by atoms with Gasteiger partial charge in [-0.15, -0.1) is 0 Å². The Morgan fingerprint density at radius 1 is 1.35 bits per heavy atom. The Hall–Kier alpha value is -1.06. The maximum atomic E-state index is 9.16. The number of ether oxygens (including phenoxy) is 1. The number of aryl methyl sites for hydroxylation is 1. The summed E-state index contributed by atoms with van der Waals surface area (Å²) in [5.74, 6) is 0.901. The topological polar surface area (TPSA) is 41.5 Å². The smallest absolute Gasteiger partial charge is 0.122 e. The molecule has 0 fully saturated rings. The van der Waals surface area contributed by atoms with Crippen molar-refractivity contribution in [2.75, 3.05) is 13.7 Å². The average molecular weight is 237 g/mol. The lowest BCUT2D eigenvalue weighted by molar-refractivity contribution is 0.155. The molecule has 0 heterocycles. The molecule has 1 aromatic carbocycles. The fourth-order valence-corrected chi connectivity index (χ4v) is 1.61. The molecular formula is C14H23NO2. The highest BCUT2D eigenvalue weighted by Gasteiger charge is 2.06. The molecule has 3 heteroatoms. The molecule has 0 aliphatic heterocycles. The van der Waals surface area contributed by atoms with Crippen LogP contribution in [0.25, 0.3) is 0 Å². The number of benzene rings is 1. The van der Waals surface area contributed by atoms with Gasteiger partial charge in [0.2, 0.25) is 0 Å². The third-order valence-corrected chi connectivity index (χ3v) is 2.93. The predicted octanol–water partition coefficient (Wildman–Crippen LogP) is 2.43. The third kappa shape index (κ3) is 4.36. The summed E-state index contributed by atoms with van der Waals surface area (Å²) in [6.07, 6.45) is 0.354. The monoisotopic (exact) mass is 237 g/mol. The number of aliphatic hydroxyl groups is 1. The minimum absolute atomic E-state index is 0.307. The second-order valence-electron chi connectivity index (χ2n) is 4.52. The van der Waals surface area contributed by atoms with E-state index in [-0.39, 0.29) is 6.10 Å². The Morgan fingerprint density at radius 2 is 2.06 bits per heavy atom. The van der Waals surface area contributed by atoms with Crippen molar-refractivity contribution in [3.05, 3.63) is 29.3 Å². The summed E-state index contributed by atoms with van der Waals surface area (Å²) in [5.41, 5.74) is 2.39. The lowest BCUT2D eigenvalue weighted by Crippen LogP contribution is -2.12. The Morgan fingerprint density at radius 3 is 2.59 bits per heavy atom. The van der Waals surface area contributed by atoms with E-state index in [4.69, 9.17) is 9.84 Å². The highest BCUT2D eigenvalue weighted by molar-refractivity contribution is 5.37. The summed E-state index contributed by atoms with van der Waals surface area (Å²) in [4.78, 5) is 0. The van der Waals surface area contributed by atoms with E-state index < -0.39 is 0 Å². The largest absolute Gasteiger partial charge is 0.493 e. The second-order valence-corrected chi connectivity index (χ2v) is 4.52. The minimum atomic E-state index is -0.307. The van der Waals surface area contributed by atoms with Crippen LogP contribution in [0.2, 0.25) is 0 Å². The second kappa shape index (κ2) is 6.62. The summed E-state index contributed by atoms with van der Waals surface area (Å²) in [6, 6.07) is 6.56. The van der Waals surface area contributed by atoms with Gasteiger partial charge in [0.15, 0.2) is 0 Å². The first kappa shape index (κ1) is 14.0. The van der Waals surface area contributed by atoms with E-state index in [0.717, 1.165) is 11.3 Å². The number of nitrogens with one attached hydrogen (secondary N) is 1. The van der Waals surface area contributed by atoms with Crippen LogP contribution in [-0.4, -0.2) is 24.9 Å². The summed E-state index contributed by atoms with van der Waals surface area (Å²) >= 11 is 0. The van der Waals surface area contributed by atoms with E-state index >= 15 is 0 Å². The molecule has 0 bridgehead atoms. The van der Waals surface area contributed by atoms with E-state index in [1.165, 1.54) is 5.56 Å². The van der Waals surface area contributed by atoms with Crippen LogP contribution < -0.4 is 10.1 Å². The first-order valence-electron chi connectivity index (χ1n) is 6.13. The maximum absolute atomic E-state index is 9.16. The normalized spacial score (nSPS) is 14.4. The van der Waals surface area contributed by atoms with Crippen molar-refractivity contribution >= 4 is 0 Å². The van der Waals surface area contributed by atoms with E-state index in [1.807, 2.05) is 20.0 Å².